The fourth-order valence-electron chi connectivity index (χ4n) is 3.74. The van der Waals surface area contributed by atoms with Crippen LogP contribution in [0.4, 0.5) is 35.0 Å². The highest BCUT2D eigenvalue weighted by molar-refractivity contribution is 5.67. The van der Waals surface area contributed by atoms with Crippen LogP contribution < -0.4 is 15.7 Å². The molecular weight excluding hydrogens is 468 g/mol. The molecule has 0 bridgehead atoms. The number of hydrogen-bond acceptors (Lipinski definition) is 8. The van der Waals surface area contributed by atoms with Crippen molar-refractivity contribution in [1.82, 2.24) is 15.0 Å². The predicted octanol–water partition coefficient (Wildman–Crippen LogP) is 4.25. The molecule has 35 heavy (non-hydrogen) atoms. The molecule has 0 amide bonds. The molecule has 0 spiro atoms. The highest BCUT2D eigenvalue weighted by Crippen LogP contribution is 2.39. The average molecular weight is 492 g/mol. The van der Waals surface area contributed by atoms with E-state index in [9.17, 15) is 22.8 Å². The molecule has 3 aromatic rings. The SMILES string of the molecule is CC(C)(c1cc(-c2cnc(N)cc2C(F)(F)F)nc(N2CCOCC2)n1)N(O)c1cccc(F)c1. The number of alkyl halides is 3. The van der Waals surface area contributed by atoms with Gasteiger partial charge in [0.05, 0.1) is 35.9 Å². The summed E-state index contributed by atoms with van der Waals surface area (Å²) in [5, 5.41) is 11.8. The van der Waals surface area contributed by atoms with Gasteiger partial charge in [-0.1, -0.05) is 6.07 Å². The van der Waals surface area contributed by atoms with Crippen LogP contribution >= 0.6 is 0 Å². The minimum absolute atomic E-state index is 0.0444. The van der Waals surface area contributed by atoms with Crippen molar-refractivity contribution >= 4 is 17.5 Å². The summed E-state index contributed by atoms with van der Waals surface area (Å²) in [4.78, 5) is 14.6. The minimum Gasteiger partial charge on any atom is -0.384 e. The van der Waals surface area contributed by atoms with E-state index in [0.717, 1.165) is 23.4 Å². The summed E-state index contributed by atoms with van der Waals surface area (Å²) in [5.74, 6) is -0.666. The Labute approximate surface area is 199 Å². The number of pyridine rings is 1. The van der Waals surface area contributed by atoms with Crippen LogP contribution in [0.25, 0.3) is 11.3 Å². The fraction of sp³-hybridized carbons (Fsp3) is 0.348. The zero-order valence-electron chi connectivity index (χ0n) is 19.1. The van der Waals surface area contributed by atoms with E-state index in [1.165, 1.54) is 24.3 Å². The Morgan fingerprint density at radius 2 is 1.80 bits per heavy atom. The van der Waals surface area contributed by atoms with Gasteiger partial charge in [0.2, 0.25) is 5.95 Å². The number of benzene rings is 1. The van der Waals surface area contributed by atoms with Gasteiger partial charge in [-0.3, -0.25) is 5.21 Å². The Balaban J connectivity index is 1.88. The van der Waals surface area contributed by atoms with Crippen LogP contribution in [0.3, 0.4) is 0 Å². The molecule has 1 aromatic carbocycles. The maximum absolute atomic E-state index is 13.9. The first kappa shape index (κ1) is 24.6. The number of morpholine rings is 1. The van der Waals surface area contributed by atoms with Gasteiger partial charge in [0.1, 0.15) is 17.2 Å². The molecule has 0 atom stereocenters. The Hall–Kier alpha value is -3.51. The van der Waals surface area contributed by atoms with E-state index in [1.54, 1.807) is 18.7 Å². The van der Waals surface area contributed by atoms with Crippen LogP contribution in [0.2, 0.25) is 0 Å². The third kappa shape index (κ3) is 5.13. The van der Waals surface area contributed by atoms with Crippen molar-refractivity contribution in [3.63, 3.8) is 0 Å². The van der Waals surface area contributed by atoms with Gasteiger partial charge >= 0.3 is 6.18 Å². The molecule has 1 saturated heterocycles. The predicted molar refractivity (Wildman–Crippen MR) is 121 cm³/mol. The monoisotopic (exact) mass is 492 g/mol. The molecule has 0 radical (unpaired) electrons. The topological polar surface area (TPSA) is 101 Å². The van der Waals surface area contributed by atoms with Crippen LogP contribution in [0.5, 0.6) is 0 Å². The molecule has 1 aliphatic rings. The quantitative estimate of drug-likeness (QED) is 0.403. The van der Waals surface area contributed by atoms with E-state index < -0.39 is 23.1 Å². The number of aromatic nitrogens is 3. The van der Waals surface area contributed by atoms with Gasteiger partial charge in [0.25, 0.3) is 0 Å². The van der Waals surface area contributed by atoms with Crippen LogP contribution in [-0.4, -0.2) is 46.5 Å². The molecule has 186 valence electrons. The van der Waals surface area contributed by atoms with Gasteiger partial charge in [-0.05, 0) is 44.2 Å². The van der Waals surface area contributed by atoms with Gasteiger partial charge in [0, 0.05) is 24.8 Å². The fourth-order valence-corrected chi connectivity index (χ4v) is 3.74. The molecule has 1 aliphatic heterocycles. The van der Waals surface area contributed by atoms with Gasteiger partial charge < -0.3 is 15.4 Å². The maximum atomic E-state index is 13.9. The summed E-state index contributed by atoms with van der Waals surface area (Å²) >= 11 is 0. The van der Waals surface area contributed by atoms with Crippen LogP contribution in [0, 0.1) is 5.82 Å². The van der Waals surface area contributed by atoms with Crippen LogP contribution in [-0.2, 0) is 16.5 Å². The minimum atomic E-state index is -4.71. The Morgan fingerprint density at radius 1 is 1.09 bits per heavy atom. The van der Waals surface area contributed by atoms with E-state index in [1.807, 2.05) is 0 Å². The van der Waals surface area contributed by atoms with Gasteiger partial charge in [-0.2, -0.15) is 13.2 Å². The van der Waals surface area contributed by atoms with Crippen molar-refractivity contribution in [1.29, 1.82) is 0 Å². The molecule has 3 heterocycles. The van der Waals surface area contributed by atoms with Crippen molar-refractivity contribution in [2.75, 3.05) is 42.0 Å². The number of anilines is 3. The molecular formula is C23H24F4N6O2. The number of hydroxylamine groups is 1. The summed E-state index contributed by atoms with van der Waals surface area (Å²) in [6.07, 6.45) is -3.69. The van der Waals surface area contributed by atoms with E-state index in [-0.39, 0.29) is 34.4 Å². The second kappa shape index (κ2) is 9.27. The summed E-state index contributed by atoms with van der Waals surface area (Å²) in [6.45, 7) is 4.89. The molecule has 8 nitrogen and oxygen atoms in total. The van der Waals surface area contributed by atoms with Crippen molar-refractivity contribution in [2.45, 2.75) is 25.6 Å². The number of ether oxygens (including phenoxy) is 1. The van der Waals surface area contributed by atoms with E-state index in [0.29, 0.717) is 26.3 Å². The number of nitrogen functional groups attached to an aromatic ring is 1. The van der Waals surface area contributed by atoms with Crippen molar-refractivity contribution in [3.8, 4) is 11.3 Å². The standard InChI is InChI=1S/C23H24F4N6O2/c1-22(2,33(34)15-5-3-4-14(24)10-15)19-12-18(30-21(31-19)32-6-8-35-9-7-32)16-13-29-20(28)11-17(16)23(25,26)27/h3-5,10-13,34H,6-9H2,1-2H3,(H2,28,29). The Morgan fingerprint density at radius 3 is 2.46 bits per heavy atom. The molecule has 1 fully saturated rings. The van der Waals surface area contributed by atoms with E-state index in [4.69, 9.17) is 10.5 Å². The molecule has 0 unspecified atom stereocenters. The Kier molecular flexibility index (Phi) is 6.52. The highest BCUT2D eigenvalue weighted by atomic mass is 19.4. The first-order chi connectivity index (χ1) is 16.5. The third-order valence-electron chi connectivity index (χ3n) is 5.72. The lowest BCUT2D eigenvalue weighted by molar-refractivity contribution is -0.137. The van der Waals surface area contributed by atoms with E-state index >= 15 is 0 Å². The van der Waals surface area contributed by atoms with Crippen molar-refractivity contribution in [2.24, 2.45) is 0 Å². The zero-order valence-corrected chi connectivity index (χ0v) is 19.1. The number of rotatable bonds is 5. The number of halogens is 4. The first-order valence-electron chi connectivity index (χ1n) is 10.8. The molecule has 4 rings (SSSR count). The lowest BCUT2D eigenvalue weighted by Gasteiger charge is -2.35. The average Bonchev–Trinajstić information content (AvgIpc) is 2.83. The summed E-state index contributed by atoms with van der Waals surface area (Å²) in [5.41, 5.74) is 3.28. The van der Waals surface area contributed by atoms with Gasteiger partial charge in [-0.25, -0.2) is 24.4 Å². The largest absolute Gasteiger partial charge is 0.417 e. The molecule has 3 N–H and O–H groups in total. The second-order valence-electron chi connectivity index (χ2n) is 8.54. The lowest BCUT2D eigenvalue weighted by Crippen LogP contribution is -2.41. The molecule has 2 aromatic heterocycles. The lowest BCUT2D eigenvalue weighted by atomic mass is 9.96. The number of hydrogen-bond donors (Lipinski definition) is 2. The molecule has 12 heteroatoms. The van der Waals surface area contributed by atoms with Crippen LogP contribution in [0.15, 0.2) is 42.6 Å². The highest BCUT2D eigenvalue weighted by Gasteiger charge is 2.37. The molecule has 0 saturated carbocycles. The van der Waals surface area contributed by atoms with Gasteiger partial charge in [-0.15, -0.1) is 0 Å². The third-order valence-corrected chi connectivity index (χ3v) is 5.72. The summed E-state index contributed by atoms with van der Waals surface area (Å²) < 4.78 is 60.7. The first-order valence-corrected chi connectivity index (χ1v) is 10.8. The number of nitrogens with zero attached hydrogens (tertiary/aromatic N) is 5. The smallest absolute Gasteiger partial charge is 0.384 e. The Bertz CT molecular complexity index is 1210. The summed E-state index contributed by atoms with van der Waals surface area (Å²) in [7, 11) is 0. The van der Waals surface area contributed by atoms with Crippen molar-refractivity contribution < 1.29 is 27.5 Å². The second-order valence-corrected chi connectivity index (χ2v) is 8.54. The summed E-state index contributed by atoms with van der Waals surface area (Å²) in [6, 6.07) is 7.41. The van der Waals surface area contributed by atoms with E-state index in [2.05, 4.69) is 15.0 Å². The van der Waals surface area contributed by atoms with Crippen molar-refractivity contribution in [3.05, 3.63) is 59.7 Å². The molecule has 0 aliphatic carbocycles. The zero-order chi connectivity index (χ0) is 25.4. The van der Waals surface area contributed by atoms with Crippen LogP contribution in [0.1, 0.15) is 25.1 Å². The van der Waals surface area contributed by atoms with Gasteiger partial charge in [0.15, 0.2) is 0 Å². The normalized spacial score (nSPS) is 14.8. The number of nitrogens with two attached hydrogens (primary N) is 1. The maximum Gasteiger partial charge on any atom is 0.417 e.